The number of hydrogen-bond acceptors (Lipinski definition) is 5. The van der Waals surface area contributed by atoms with Crippen molar-refractivity contribution in [3.05, 3.63) is 156 Å². The number of pyridine rings is 1. The van der Waals surface area contributed by atoms with Crippen molar-refractivity contribution in [3.63, 3.8) is 0 Å². The van der Waals surface area contributed by atoms with Crippen molar-refractivity contribution >= 4 is 39.1 Å². The van der Waals surface area contributed by atoms with E-state index in [0.29, 0.717) is 17.0 Å². The van der Waals surface area contributed by atoms with E-state index < -0.39 is 0 Å². The van der Waals surface area contributed by atoms with Crippen LogP contribution in [0.3, 0.4) is 0 Å². The minimum atomic E-state index is -0.125. The lowest BCUT2D eigenvalue weighted by Gasteiger charge is -2.26. The van der Waals surface area contributed by atoms with Crippen LogP contribution in [-0.4, -0.2) is 15.1 Å². The third-order valence-electron chi connectivity index (χ3n) is 10.3. The van der Waals surface area contributed by atoms with Crippen molar-refractivity contribution in [3.8, 4) is 39.5 Å². The van der Waals surface area contributed by atoms with Crippen LogP contribution in [0, 0.1) is 6.92 Å². The standard InChI is InChI=1S/C49H45N3O2/c1-31-20-21-32(26-39(31)41-28-35(49(5,6)7)25-33-15-14-24-50-45(33)41)40-29-38(52(36-16-10-8-11-17-36)37-18-12-9-13-19-37)30-44-46(40)51-47(54-44)42-27-34(48(2,3)4)22-23-43(42)53/h8-30,53H,1-7H3. The summed E-state index contributed by atoms with van der Waals surface area (Å²) in [5.41, 5.74) is 13.3. The van der Waals surface area contributed by atoms with Gasteiger partial charge < -0.3 is 14.4 Å². The van der Waals surface area contributed by atoms with Gasteiger partial charge in [0.2, 0.25) is 5.89 Å². The molecule has 8 aromatic rings. The molecule has 268 valence electrons. The first-order chi connectivity index (χ1) is 25.8. The molecule has 5 heteroatoms. The Hall–Kier alpha value is -6.20. The predicted octanol–water partition coefficient (Wildman–Crippen LogP) is 13.5. The number of aromatic hydroxyl groups is 1. The molecule has 54 heavy (non-hydrogen) atoms. The molecule has 0 atom stereocenters. The fourth-order valence-electron chi connectivity index (χ4n) is 7.16. The lowest BCUT2D eigenvalue weighted by molar-refractivity contribution is 0.473. The normalized spacial score (nSPS) is 12.1. The van der Waals surface area contributed by atoms with Gasteiger partial charge in [0.25, 0.3) is 0 Å². The lowest BCUT2D eigenvalue weighted by atomic mass is 9.83. The molecular weight excluding hydrogens is 663 g/mol. The Balaban J connectivity index is 1.40. The lowest BCUT2D eigenvalue weighted by Crippen LogP contribution is -2.11. The molecule has 2 heterocycles. The van der Waals surface area contributed by atoms with Gasteiger partial charge in [-0.05, 0) is 112 Å². The van der Waals surface area contributed by atoms with E-state index in [-0.39, 0.29) is 16.6 Å². The molecule has 0 fully saturated rings. The minimum Gasteiger partial charge on any atom is -0.507 e. The van der Waals surface area contributed by atoms with Crippen molar-refractivity contribution < 1.29 is 9.52 Å². The zero-order valence-electron chi connectivity index (χ0n) is 32.0. The molecule has 0 bridgehead atoms. The highest BCUT2D eigenvalue weighted by Gasteiger charge is 2.24. The highest BCUT2D eigenvalue weighted by Crippen LogP contribution is 2.44. The van der Waals surface area contributed by atoms with Crippen molar-refractivity contribution in [1.29, 1.82) is 0 Å². The molecule has 0 saturated carbocycles. The van der Waals surface area contributed by atoms with Crippen molar-refractivity contribution in [2.75, 3.05) is 4.90 Å². The van der Waals surface area contributed by atoms with Gasteiger partial charge in [0.05, 0.1) is 16.8 Å². The van der Waals surface area contributed by atoms with Crippen LogP contribution in [0.4, 0.5) is 17.1 Å². The minimum absolute atomic E-state index is 0.0455. The first-order valence-electron chi connectivity index (χ1n) is 18.5. The number of nitrogens with zero attached hydrogens (tertiary/aromatic N) is 3. The summed E-state index contributed by atoms with van der Waals surface area (Å²) in [7, 11) is 0. The molecule has 1 N–H and O–H groups in total. The molecule has 0 aliphatic heterocycles. The second kappa shape index (κ2) is 13.3. The van der Waals surface area contributed by atoms with Gasteiger partial charge in [-0.25, -0.2) is 4.98 Å². The van der Waals surface area contributed by atoms with E-state index in [4.69, 9.17) is 14.4 Å². The van der Waals surface area contributed by atoms with E-state index in [1.807, 2.05) is 36.5 Å². The average molecular weight is 708 g/mol. The van der Waals surface area contributed by atoms with Gasteiger partial charge in [0.1, 0.15) is 11.3 Å². The molecule has 6 aromatic carbocycles. The zero-order chi connectivity index (χ0) is 37.8. The van der Waals surface area contributed by atoms with Crippen LogP contribution in [0.1, 0.15) is 58.2 Å². The topological polar surface area (TPSA) is 62.4 Å². The van der Waals surface area contributed by atoms with Crippen molar-refractivity contribution in [2.45, 2.75) is 59.3 Å². The largest absolute Gasteiger partial charge is 0.507 e. The van der Waals surface area contributed by atoms with Crippen LogP contribution in [0.25, 0.3) is 55.7 Å². The number of anilines is 3. The molecule has 0 amide bonds. The molecule has 0 unspecified atom stereocenters. The first-order valence-corrected chi connectivity index (χ1v) is 18.5. The van der Waals surface area contributed by atoms with E-state index in [1.54, 1.807) is 6.07 Å². The predicted molar refractivity (Wildman–Crippen MR) is 224 cm³/mol. The van der Waals surface area contributed by atoms with Gasteiger partial charge in [-0.15, -0.1) is 0 Å². The summed E-state index contributed by atoms with van der Waals surface area (Å²) in [6.45, 7) is 15.4. The number of phenols is 1. The van der Waals surface area contributed by atoms with Gasteiger partial charge in [-0.1, -0.05) is 102 Å². The summed E-state index contributed by atoms with van der Waals surface area (Å²) >= 11 is 0. The number of para-hydroxylation sites is 2. The molecule has 0 radical (unpaired) electrons. The highest BCUT2D eigenvalue weighted by molar-refractivity contribution is 6.00. The molecular formula is C49H45N3O2. The van der Waals surface area contributed by atoms with Crippen LogP contribution in [-0.2, 0) is 10.8 Å². The number of aryl methyl sites for hydroxylation is 1. The van der Waals surface area contributed by atoms with E-state index in [2.05, 4.69) is 150 Å². The summed E-state index contributed by atoms with van der Waals surface area (Å²) in [5, 5.41) is 12.3. The maximum Gasteiger partial charge on any atom is 0.231 e. The van der Waals surface area contributed by atoms with Crippen LogP contribution < -0.4 is 4.90 Å². The van der Waals surface area contributed by atoms with Gasteiger partial charge in [-0.3, -0.25) is 4.98 Å². The summed E-state index contributed by atoms with van der Waals surface area (Å²) in [4.78, 5) is 12.3. The smallest absolute Gasteiger partial charge is 0.231 e. The number of fused-ring (bicyclic) bond motifs is 2. The summed E-state index contributed by atoms with van der Waals surface area (Å²) in [6.07, 6.45) is 1.87. The Bertz CT molecular complexity index is 2610. The van der Waals surface area contributed by atoms with Crippen LogP contribution in [0.15, 0.2) is 144 Å². The van der Waals surface area contributed by atoms with Gasteiger partial charge in [0, 0.05) is 40.2 Å². The molecule has 0 spiro atoms. The van der Waals surface area contributed by atoms with Gasteiger partial charge in [-0.2, -0.15) is 0 Å². The van der Waals surface area contributed by atoms with E-state index in [0.717, 1.165) is 66.9 Å². The summed E-state index contributed by atoms with van der Waals surface area (Å²) < 4.78 is 6.67. The zero-order valence-corrected chi connectivity index (χ0v) is 32.0. The Morgan fingerprint density at radius 3 is 1.89 bits per heavy atom. The SMILES string of the molecule is Cc1ccc(-c2cc(N(c3ccccc3)c3ccccc3)cc3oc(-c4cc(C(C)(C)C)ccc4O)nc23)cc1-c1cc(C(C)(C)C)cc2cccnc12. The number of hydrogen-bond donors (Lipinski definition) is 1. The Morgan fingerprint density at radius 2 is 1.22 bits per heavy atom. The molecule has 5 nitrogen and oxygen atoms in total. The average Bonchev–Trinajstić information content (AvgIpc) is 3.59. The van der Waals surface area contributed by atoms with E-state index in [1.165, 1.54) is 5.56 Å². The fourth-order valence-corrected chi connectivity index (χ4v) is 7.16. The molecule has 8 rings (SSSR count). The van der Waals surface area contributed by atoms with E-state index in [9.17, 15) is 5.11 Å². The number of benzene rings is 6. The van der Waals surface area contributed by atoms with E-state index >= 15 is 0 Å². The Morgan fingerprint density at radius 1 is 0.556 bits per heavy atom. The summed E-state index contributed by atoms with van der Waals surface area (Å²) in [5.74, 6) is 0.501. The van der Waals surface area contributed by atoms with Crippen LogP contribution in [0.5, 0.6) is 5.75 Å². The monoisotopic (exact) mass is 707 g/mol. The van der Waals surface area contributed by atoms with Crippen LogP contribution >= 0.6 is 0 Å². The second-order valence-corrected chi connectivity index (χ2v) is 16.2. The molecule has 0 saturated heterocycles. The number of rotatable bonds is 6. The molecule has 0 aliphatic carbocycles. The number of phenolic OH excluding ortho intramolecular Hbond substituents is 1. The maximum atomic E-state index is 11.2. The third kappa shape index (κ3) is 6.51. The van der Waals surface area contributed by atoms with Crippen molar-refractivity contribution in [2.24, 2.45) is 0 Å². The summed E-state index contributed by atoms with van der Waals surface area (Å²) in [6, 6.07) is 46.0. The Kier molecular flexibility index (Phi) is 8.61. The number of oxazole rings is 1. The quantitative estimate of drug-likeness (QED) is 0.186. The third-order valence-corrected chi connectivity index (χ3v) is 10.3. The molecule has 2 aromatic heterocycles. The molecule has 0 aliphatic rings. The second-order valence-electron chi connectivity index (χ2n) is 16.2. The Labute approximate surface area is 317 Å². The van der Waals surface area contributed by atoms with Crippen LogP contribution in [0.2, 0.25) is 0 Å². The maximum absolute atomic E-state index is 11.2. The highest BCUT2D eigenvalue weighted by atomic mass is 16.3. The van der Waals surface area contributed by atoms with Gasteiger partial charge >= 0.3 is 0 Å². The first kappa shape index (κ1) is 34.9. The van der Waals surface area contributed by atoms with Gasteiger partial charge in [0.15, 0.2) is 5.58 Å². The fraction of sp³-hybridized carbons (Fsp3) is 0.184. The number of aromatic nitrogens is 2. The van der Waals surface area contributed by atoms with Crippen molar-refractivity contribution in [1.82, 2.24) is 9.97 Å².